The van der Waals surface area contributed by atoms with Gasteiger partial charge in [-0.15, -0.1) is 0 Å². The van der Waals surface area contributed by atoms with Crippen molar-refractivity contribution in [1.29, 1.82) is 0 Å². The van der Waals surface area contributed by atoms with Crippen molar-refractivity contribution in [2.45, 2.75) is 39.0 Å². The lowest BCUT2D eigenvalue weighted by molar-refractivity contribution is 0.306. The van der Waals surface area contributed by atoms with Crippen LogP contribution in [0.1, 0.15) is 36.8 Å². The van der Waals surface area contributed by atoms with Gasteiger partial charge in [-0.1, -0.05) is 25.0 Å². The minimum Gasteiger partial charge on any atom is -0.496 e. The monoisotopic (exact) mass is 233 g/mol. The Morgan fingerprint density at radius 3 is 2.53 bits per heavy atom. The highest BCUT2D eigenvalue weighted by molar-refractivity contribution is 5.36. The molecule has 0 spiro atoms. The quantitative estimate of drug-likeness (QED) is 0.867. The van der Waals surface area contributed by atoms with Crippen LogP contribution in [0, 0.1) is 12.3 Å². The molecule has 1 fully saturated rings. The molecule has 0 unspecified atom stereocenters. The third-order valence-electron chi connectivity index (χ3n) is 4.14. The lowest BCUT2D eigenvalue weighted by Gasteiger charge is -2.27. The van der Waals surface area contributed by atoms with Gasteiger partial charge in [0.15, 0.2) is 0 Å². The van der Waals surface area contributed by atoms with Crippen molar-refractivity contribution >= 4 is 0 Å². The number of methoxy groups -OCH3 is 1. The van der Waals surface area contributed by atoms with Crippen molar-refractivity contribution in [3.05, 3.63) is 29.3 Å². The summed E-state index contributed by atoms with van der Waals surface area (Å²) in [4.78, 5) is 0. The second-order valence-corrected chi connectivity index (χ2v) is 5.39. The van der Waals surface area contributed by atoms with Crippen molar-refractivity contribution in [3.8, 4) is 5.75 Å². The Balaban J connectivity index is 2.15. The van der Waals surface area contributed by atoms with Gasteiger partial charge < -0.3 is 10.5 Å². The smallest absolute Gasteiger partial charge is 0.121 e. The highest BCUT2D eigenvalue weighted by atomic mass is 16.5. The molecule has 0 bridgehead atoms. The molecule has 2 N–H and O–H groups in total. The standard InChI is InChI=1S/C15H23NO/c1-12-9-13(5-6-14(12)17-2)10-15(11-16)7-3-4-8-15/h5-6,9H,3-4,7-8,10-11,16H2,1-2H3. The Morgan fingerprint density at radius 2 is 2.00 bits per heavy atom. The summed E-state index contributed by atoms with van der Waals surface area (Å²) in [5, 5.41) is 0. The highest BCUT2D eigenvalue weighted by Crippen LogP contribution is 2.40. The van der Waals surface area contributed by atoms with E-state index in [4.69, 9.17) is 10.5 Å². The predicted molar refractivity (Wildman–Crippen MR) is 71.4 cm³/mol. The van der Waals surface area contributed by atoms with Gasteiger partial charge in [0.25, 0.3) is 0 Å². The fourth-order valence-corrected chi connectivity index (χ4v) is 3.06. The highest BCUT2D eigenvalue weighted by Gasteiger charge is 2.32. The number of hydrogen-bond donors (Lipinski definition) is 1. The summed E-state index contributed by atoms with van der Waals surface area (Å²) in [6, 6.07) is 6.50. The van der Waals surface area contributed by atoms with Gasteiger partial charge in [-0.3, -0.25) is 0 Å². The molecular weight excluding hydrogens is 210 g/mol. The van der Waals surface area contributed by atoms with Crippen molar-refractivity contribution in [2.75, 3.05) is 13.7 Å². The summed E-state index contributed by atoms with van der Waals surface area (Å²) in [6.45, 7) is 2.92. The first-order chi connectivity index (χ1) is 8.19. The largest absolute Gasteiger partial charge is 0.496 e. The van der Waals surface area contributed by atoms with Crippen LogP contribution in [-0.2, 0) is 6.42 Å². The maximum atomic E-state index is 5.99. The number of aryl methyl sites for hydroxylation is 1. The van der Waals surface area contributed by atoms with E-state index in [0.29, 0.717) is 5.41 Å². The summed E-state index contributed by atoms with van der Waals surface area (Å²) in [6.07, 6.45) is 6.37. The summed E-state index contributed by atoms with van der Waals surface area (Å²) < 4.78 is 5.30. The third kappa shape index (κ3) is 2.63. The maximum absolute atomic E-state index is 5.99. The van der Waals surface area contributed by atoms with Crippen LogP contribution in [0.5, 0.6) is 5.75 Å². The third-order valence-corrected chi connectivity index (χ3v) is 4.14. The summed E-state index contributed by atoms with van der Waals surface area (Å²) in [7, 11) is 1.72. The van der Waals surface area contributed by atoms with Gasteiger partial charge in [-0.05, 0) is 55.3 Å². The SMILES string of the molecule is COc1ccc(CC2(CN)CCCC2)cc1C. The Morgan fingerprint density at radius 1 is 1.29 bits per heavy atom. The molecule has 1 aromatic rings. The summed E-state index contributed by atoms with van der Waals surface area (Å²) >= 11 is 0. The van der Waals surface area contributed by atoms with E-state index in [2.05, 4.69) is 25.1 Å². The molecule has 17 heavy (non-hydrogen) atoms. The van der Waals surface area contributed by atoms with Crippen molar-refractivity contribution in [2.24, 2.45) is 11.1 Å². The second-order valence-electron chi connectivity index (χ2n) is 5.39. The van der Waals surface area contributed by atoms with E-state index in [1.165, 1.54) is 36.8 Å². The van der Waals surface area contributed by atoms with Gasteiger partial charge in [-0.2, -0.15) is 0 Å². The van der Waals surface area contributed by atoms with Crippen molar-refractivity contribution in [1.82, 2.24) is 0 Å². The molecule has 1 aliphatic carbocycles. The second kappa shape index (κ2) is 5.09. The Labute approximate surface area is 104 Å². The Kier molecular flexibility index (Phi) is 3.72. The number of rotatable bonds is 4. The summed E-state index contributed by atoms with van der Waals surface area (Å²) in [5.74, 6) is 0.974. The molecule has 1 aromatic carbocycles. The molecule has 2 heteroatoms. The minimum absolute atomic E-state index is 0.362. The predicted octanol–water partition coefficient (Wildman–Crippen LogP) is 3.07. The van der Waals surface area contributed by atoms with Crippen LogP contribution < -0.4 is 10.5 Å². The van der Waals surface area contributed by atoms with E-state index in [1.807, 2.05) is 0 Å². The van der Waals surface area contributed by atoms with Gasteiger partial charge in [0.2, 0.25) is 0 Å². The molecule has 0 amide bonds. The molecule has 0 aliphatic heterocycles. The number of hydrogen-bond acceptors (Lipinski definition) is 2. The van der Waals surface area contributed by atoms with Crippen LogP contribution in [0.15, 0.2) is 18.2 Å². The maximum Gasteiger partial charge on any atom is 0.121 e. The molecule has 1 saturated carbocycles. The van der Waals surface area contributed by atoms with Gasteiger partial charge in [0.1, 0.15) is 5.75 Å². The van der Waals surface area contributed by atoms with Gasteiger partial charge in [0, 0.05) is 0 Å². The average molecular weight is 233 g/mol. The number of benzene rings is 1. The van der Waals surface area contributed by atoms with Gasteiger partial charge in [0.05, 0.1) is 7.11 Å². The van der Waals surface area contributed by atoms with Crippen LogP contribution in [0.25, 0.3) is 0 Å². The molecule has 2 nitrogen and oxygen atoms in total. The number of ether oxygens (including phenoxy) is 1. The molecule has 0 heterocycles. The van der Waals surface area contributed by atoms with Gasteiger partial charge in [-0.25, -0.2) is 0 Å². The van der Waals surface area contributed by atoms with E-state index in [-0.39, 0.29) is 0 Å². The fraction of sp³-hybridized carbons (Fsp3) is 0.600. The van der Waals surface area contributed by atoms with Crippen LogP contribution in [0.2, 0.25) is 0 Å². The molecule has 2 rings (SSSR count). The average Bonchev–Trinajstić information content (AvgIpc) is 2.79. The molecule has 0 saturated heterocycles. The van der Waals surface area contributed by atoms with Crippen LogP contribution in [0.3, 0.4) is 0 Å². The topological polar surface area (TPSA) is 35.2 Å². The molecule has 94 valence electrons. The van der Waals surface area contributed by atoms with Crippen molar-refractivity contribution < 1.29 is 4.74 Å². The zero-order chi connectivity index (χ0) is 12.3. The van der Waals surface area contributed by atoms with E-state index < -0.39 is 0 Å². The van der Waals surface area contributed by atoms with Gasteiger partial charge >= 0.3 is 0 Å². The fourth-order valence-electron chi connectivity index (χ4n) is 3.06. The minimum atomic E-state index is 0.362. The zero-order valence-electron chi connectivity index (χ0n) is 11.0. The first kappa shape index (κ1) is 12.4. The van der Waals surface area contributed by atoms with E-state index in [1.54, 1.807) is 7.11 Å². The number of nitrogens with two attached hydrogens (primary N) is 1. The lowest BCUT2D eigenvalue weighted by Crippen LogP contribution is -2.29. The molecular formula is C15H23NO. The Hall–Kier alpha value is -1.02. The lowest BCUT2D eigenvalue weighted by atomic mass is 9.80. The summed E-state index contributed by atoms with van der Waals surface area (Å²) in [5.41, 5.74) is 8.96. The normalized spacial score (nSPS) is 18.3. The zero-order valence-corrected chi connectivity index (χ0v) is 11.0. The molecule has 0 atom stereocenters. The van der Waals surface area contributed by atoms with E-state index >= 15 is 0 Å². The molecule has 1 aliphatic rings. The van der Waals surface area contributed by atoms with E-state index in [9.17, 15) is 0 Å². The van der Waals surface area contributed by atoms with Crippen LogP contribution >= 0.6 is 0 Å². The first-order valence-corrected chi connectivity index (χ1v) is 6.53. The van der Waals surface area contributed by atoms with Crippen molar-refractivity contribution in [3.63, 3.8) is 0 Å². The molecule has 0 radical (unpaired) electrons. The van der Waals surface area contributed by atoms with E-state index in [0.717, 1.165) is 18.7 Å². The Bertz CT molecular complexity index is 381. The van der Waals surface area contributed by atoms with Crippen LogP contribution in [-0.4, -0.2) is 13.7 Å². The first-order valence-electron chi connectivity index (χ1n) is 6.53. The van der Waals surface area contributed by atoms with Crippen LogP contribution in [0.4, 0.5) is 0 Å². The molecule has 0 aromatic heterocycles.